The van der Waals surface area contributed by atoms with Gasteiger partial charge in [-0.15, -0.1) is 12.1 Å². The maximum atomic E-state index is 13.3. The molecular formula is C10H7F2IrN2-. The smallest absolute Gasteiger partial charge is 0.0583 e. The normalized spacial score (nSPS) is 9.80. The molecule has 0 N–H and O–H groups in total. The summed E-state index contributed by atoms with van der Waals surface area (Å²) in [6.07, 6.45) is 3.23. The zero-order valence-corrected chi connectivity index (χ0v) is 10.2. The minimum Gasteiger partial charge on any atom is -0.373 e. The first-order chi connectivity index (χ1) is 6.68. The van der Waals surface area contributed by atoms with E-state index in [2.05, 4.69) is 11.1 Å². The van der Waals surface area contributed by atoms with Crippen LogP contribution in [0.2, 0.25) is 0 Å². The maximum Gasteiger partial charge on any atom is 0.0583 e. The van der Waals surface area contributed by atoms with Crippen LogP contribution in [0.5, 0.6) is 0 Å². The zero-order chi connectivity index (χ0) is 10.1. The first-order valence-electron chi connectivity index (χ1n) is 4.03. The van der Waals surface area contributed by atoms with Gasteiger partial charge in [-0.2, -0.15) is 0 Å². The molecule has 1 heterocycles. The largest absolute Gasteiger partial charge is 0.373 e. The number of imidazole rings is 1. The van der Waals surface area contributed by atoms with E-state index in [1.807, 2.05) is 0 Å². The molecule has 0 spiro atoms. The second-order valence-corrected chi connectivity index (χ2v) is 2.90. The van der Waals surface area contributed by atoms with Gasteiger partial charge in [0.2, 0.25) is 0 Å². The monoisotopic (exact) mass is 386 g/mol. The molecule has 0 aliphatic heterocycles. The van der Waals surface area contributed by atoms with E-state index in [9.17, 15) is 8.78 Å². The molecule has 0 aliphatic rings. The Hall–Kier alpha value is -1.06. The Labute approximate surface area is 99.3 Å². The van der Waals surface area contributed by atoms with Gasteiger partial charge in [0.25, 0.3) is 0 Å². The van der Waals surface area contributed by atoms with Crippen molar-refractivity contribution < 1.29 is 28.9 Å². The van der Waals surface area contributed by atoms with Crippen molar-refractivity contribution in [1.29, 1.82) is 0 Å². The summed E-state index contributed by atoms with van der Waals surface area (Å²) < 4.78 is 27.5. The summed E-state index contributed by atoms with van der Waals surface area (Å²) in [5, 5.41) is 0. The molecule has 0 unspecified atom stereocenters. The minimum absolute atomic E-state index is 0. The molecule has 81 valence electrons. The predicted molar refractivity (Wildman–Crippen MR) is 47.4 cm³/mol. The maximum absolute atomic E-state index is 13.3. The molecule has 5 heteroatoms. The Kier molecular flexibility index (Phi) is 3.71. The number of aryl methyl sites for hydroxylation is 1. The third-order valence-electron chi connectivity index (χ3n) is 1.90. The molecule has 0 saturated heterocycles. The molecule has 15 heavy (non-hydrogen) atoms. The fraction of sp³-hybridized carbons (Fsp3) is 0.100. The molecule has 0 bridgehead atoms. The third kappa shape index (κ3) is 2.30. The summed E-state index contributed by atoms with van der Waals surface area (Å²) >= 11 is 0. The summed E-state index contributed by atoms with van der Waals surface area (Å²) in [6, 6.07) is 4.43. The average molecular weight is 385 g/mol. The molecule has 2 nitrogen and oxygen atoms in total. The first-order valence-corrected chi connectivity index (χ1v) is 4.03. The topological polar surface area (TPSA) is 17.8 Å². The molecule has 0 atom stereocenters. The van der Waals surface area contributed by atoms with E-state index in [4.69, 9.17) is 0 Å². The summed E-state index contributed by atoms with van der Waals surface area (Å²) in [7, 11) is 1.74. The number of benzene rings is 1. The molecule has 2 rings (SSSR count). The van der Waals surface area contributed by atoms with Crippen LogP contribution in [0.1, 0.15) is 0 Å². The van der Waals surface area contributed by atoms with Gasteiger partial charge < -0.3 is 4.57 Å². The van der Waals surface area contributed by atoms with Crippen LogP contribution in [0.3, 0.4) is 0 Å². The van der Waals surface area contributed by atoms with E-state index in [1.165, 1.54) is 0 Å². The van der Waals surface area contributed by atoms with Crippen LogP contribution in [0, 0.1) is 17.7 Å². The Morgan fingerprint density at radius 2 is 2.13 bits per heavy atom. The van der Waals surface area contributed by atoms with Gasteiger partial charge >= 0.3 is 0 Å². The third-order valence-corrected chi connectivity index (χ3v) is 1.90. The SMILES string of the molecule is Cn1ccnc1-c1[c-]cc(F)cc1F.[Ir]. The Bertz CT molecular complexity index is 468. The van der Waals surface area contributed by atoms with Gasteiger partial charge in [-0.1, -0.05) is 11.6 Å². The fourth-order valence-corrected chi connectivity index (χ4v) is 1.22. The summed E-state index contributed by atoms with van der Waals surface area (Å²) in [5.74, 6) is -0.859. The molecule has 1 radical (unpaired) electrons. The predicted octanol–water partition coefficient (Wildman–Crippen LogP) is 2.16. The average Bonchev–Trinajstić information content (AvgIpc) is 2.52. The van der Waals surface area contributed by atoms with Crippen molar-refractivity contribution in [1.82, 2.24) is 9.55 Å². The molecule has 0 fully saturated rings. The standard InChI is InChI=1S/C10H7F2N2.Ir/c1-14-5-4-13-10(14)8-3-2-7(11)6-9(8)12;/h2,4-6H,1H3;/q-1;. The number of rotatable bonds is 1. The Morgan fingerprint density at radius 3 is 2.67 bits per heavy atom. The van der Waals surface area contributed by atoms with Crippen LogP contribution in [0.15, 0.2) is 24.5 Å². The van der Waals surface area contributed by atoms with Gasteiger partial charge in [-0.3, -0.25) is 13.8 Å². The van der Waals surface area contributed by atoms with Gasteiger partial charge in [0.15, 0.2) is 0 Å². The van der Waals surface area contributed by atoms with Crippen LogP contribution in [0.4, 0.5) is 8.78 Å². The summed E-state index contributed by atoms with van der Waals surface area (Å²) in [5.41, 5.74) is 0.180. The minimum atomic E-state index is -0.653. The summed E-state index contributed by atoms with van der Waals surface area (Å²) in [4.78, 5) is 3.95. The van der Waals surface area contributed by atoms with Crippen molar-refractivity contribution in [3.63, 3.8) is 0 Å². The van der Waals surface area contributed by atoms with Crippen molar-refractivity contribution in [3.8, 4) is 11.4 Å². The molecule has 2 aromatic rings. The molecular weight excluding hydrogens is 378 g/mol. The number of aromatic nitrogens is 2. The first kappa shape index (κ1) is 12.0. The van der Waals surface area contributed by atoms with Crippen molar-refractivity contribution >= 4 is 0 Å². The zero-order valence-electron chi connectivity index (χ0n) is 7.79. The van der Waals surface area contributed by atoms with Gasteiger partial charge in [0.05, 0.1) is 5.82 Å². The second-order valence-electron chi connectivity index (χ2n) is 2.90. The number of nitrogens with zero attached hydrogens (tertiary/aromatic N) is 2. The van der Waals surface area contributed by atoms with Crippen LogP contribution < -0.4 is 0 Å². The number of hydrogen-bond donors (Lipinski definition) is 0. The van der Waals surface area contributed by atoms with E-state index < -0.39 is 11.6 Å². The number of hydrogen-bond acceptors (Lipinski definition) is 1. The van der Waals surface area contributed by atoms with Crippen LogP contribution in [-0.2, 0) is 27.2 Å². The van der Waals surface area contributed by atoms with Crippen molar-refractivity contribution in [2.24, 2.45) is 7.05 Å². The van der Waals surface area contributed by atoms with Crippen LogP contribution in [0.25, 0.3) is 11.4 Å². The molecule has 0 aliphatic carbocycles. The Balaban J connectivity index is 0.00000112. The molecule has 1 aromatic carbocycles. The van der Waals surface area contributed by atoms with E-state index in [0.29, 0.717) is 5.82 Å². The number of halogens is 2. The van der Waals surface area contributed by atoms with Crippen molar-refractivity contribution in [2.45, 2.75) is 0 Å². The van der Waals surface area contributed by atoms with E-state index in [0.717, 1.165) is 12.1 Å². The van der Waals surface area contributed by atoms with E-state index >= 15 is 0 Å². The van der Waals surface area contributed by atoms with Crippen LogP contribution in [-0.4, -0.2) is 9.55 Å². The Morgan fingerprint density at radius 1 is 1.40 bits per heavy atom. The van der Waals surface area contributed by atoms with Crippen molar-refractivity contribution in [2.75, 3.05) is 0 Å². The fourth-order valence-electron chi connectivity index (χ4n) is 1.22. The van der Waals surface area contributed by atoms with E-state index in [-0.39, 0.29) is 25.7 Å². The summed E-state index contributed by atoms with van der Waals surface area (Å²) in [6.45, 7) is 0. The second kappa shape index (κ2) is 4.64. The van der Waals surface area contributed by atoms with Gasteiger partial charge in [0, 0.05) is 51.2 Å². The van der Waals surface area contributed by atoms with Crippen LogP contribution >= 0.6 is 0 Å². The molecule has 1 aromatic heterocycles. The molecule has 0 amide bonds. The van der Waals surface area contributed by atoms with E-state index in [1.54, 1.807) is 24.0 Å². The van der Waals surface area contributed by atoms with Crippen molar-refractivity contribution in [3.05, 3.63) is 42.2 Å². The molecule has 0 saturated carbocycles. The quantitative estimate of drug-likeness (QED) is 0.688. The van der Waals surface area contributed by atoms with Gasteiger partial charge in [-0.25, -0.2) is 0 Å². The van der Waals surface area contributed by atoms with Gasteiger partial charge in [0.1, 0.15) is 0 Å². The van der Waals surface area contributed by atoms with Gasteiger partial charge in [-0.05, 0) is 0 Å².